The molecule has 0 saturated carbocycles. The summed E-state index contributed by atoms with van der Waals surface area (Å²) in [7, 11) is 0. The highest BCUT2D eigenvalue weighted by Crippen LogP contribution is 2.06. The first-order valence-corrected chi connectivity index (χ1v) is 3.78. The second-order valence-electron chi connectivity index (χ2n) is 2.78. The molecule has 0 amide bonds. The van der Waals surface area contributed by atoms with Crippen LogP contribution in [0.3, 0.4) is 0 Å². The van der Waals surface area contributed by atoms with Crippen LogP contribution in [-0.4, -0.2) is 11.5 Å². The van der Waals surface area contributed by atoms with Crippen LogP contribution in [0.5, 0.6) is 0 Å². The second-order valence-corrected chi connectivity index (χ2v) is 2.78. The Hall–Kier alpha value is -1.51. The molecule has 0 spiro atoms. The van der Waals surface area contributed by atoms with Gasteiger partial charge in [0.1, 0.15) is 5.82 Å². The van der Waals surface area contributed by atoms with E-state index in [2.05, 4.69) is 16.9 Å². The second kappa shape index (κ2) is 3.76. The SMILES string of the molecule is C=C(C)CNc1ccc(N)nc1. The standard InChI is InChI=1S/C9H13N3/c1-7(2)5-11-8-3-4-9(10)12-6-8/h3-4,6,11H,1,5H2,2H3,(H2,10,12). The molecule has 1 aromatic rings. The summed E-state index contributed by atoms with van der Waals surface area (Å²) in [5, 5.41) is 3.15. The number of hydrogen-bond donors (Lipinski definition) is 2. The molecule has 0 aliphatic heterocycles. The molecule has 1 aromatic heterocycles. The molecule has 3 N–H and O–H groups in total. The molecule has 64 valence electrons. The van der Waals surface area contributed by atoms with Gasteiger partial charge in [-0.3, -0.25) is 0 Å². The molecular weight excluding hydrogens is 150 g/mol. The minimum absolute atomic E-state index is 0.538. The van der Waals surface area contributed by atoms with Gasteiger partial charge in [0.05, 0.1) is 11.9 Å². The van der Waals surface area contributed by atoms with Crippen LogP contribution in [0.1, 0.15) is 6.92 Å². The fraction of sp³-hybridized carbons (Fsp3) is 0.222. The first kappa shape index (κ1) is 8.59. The molecule has 1 heterocycles. The first-order valence-electron chi connectivity index (χ1n) is 3.78. The van der Waals surface area contributed by atoms with E-state index < -0.39 is 0 Å². The van der Waals surface area contributed by atoms with Crippen molar-refractivity contribution in [3.63, 3.8) is 0 Å². The number of rotatable bonds is 3. The lowest BCUT2D eigenvalue weighted by atomic mass is 10.3. The number of nitrogen functional groups attached to an aromatic ring is 1. The largest absolute Gasteiger partial charge is 0.384 e. The van der Waals surface area contributed by atoms with Gasteiger partial charge in [-0.15, -0.1) is 0 Å². The molecule has 0 unspecified atom stereocenters. The Morgan fingerprint density at radius 1 is 1.67 bits per heavy atom. The lowest BCUT2D eigenvalue weighted by Crippen LogP contribution is -2.02. The number of aromatic nitrogens is 1. The van der Waals surface area contributed by atoms with Gasteiger partial charge in [-0.1, -0.05) is 12.2 Å². The molecule has 3 heteroatoms. The van der Waals surface area contributed by atoms with Gasteiger partial charge in [-0.25, -0.2) is 4.98 Å². The van der Waals surface area contributed by atoms with Crippen LogP contribution >= 0.6 is 0 Å². The third-order valence-corrected chi connectivity index (χ3v) is 1.38. The van der Waals surface area contributed by atoms with Crippen LogP contribution in [-0.2, 0) is 0 Å². The smallest absolute Gasteiger partial charge is 0.123 e. The fourth-order valence-electron chi connectivity index (χ4n) is 0.763. The zero-order valence-corrected chi connectivity index (χ0v) is 7.17. The van der Waals surface area contributed by atoms with E-state index >= 15 is 0 Å². The summed E-state index contributed by atoms with van der Waals surface area (Å²) in [6.07, 6.45) is 1.71. The summed E-state index contributed by atoms with van der Waals surface area (Å²) in [5.41, 5.74) is 7.48. The maximum atomic E-state index is 5.43. The Morgan fingerprint density at radius 3 is 2.92 bits per heavy atom. The van der Waals surface area contributed by atoms with Crippen molar-refractivity contribution in [2.24, 2.45) is 0 Å². The van der Waals surface area contributed by atoms with Crippen molar-refractivity contribution >= 4 is 11.5 Å². The topological polar surface area (TPSA) is 50.9 Å². The summed E-state index contributed by atoms with van der Waals surface area (Å²) in [4.78, 5) is 3.94. The van der Waals surface area contributed by atoms with E-state index in [0.29, 0.717) is 5.82 Å². The van der Waals surface area contributed by atoms with Crippen LogP contribution in [0.25, 0.3) is 0 Å². The average molecular weight is 163 g/mol. The summed E-state index contributed by atoms with van der Waals surface area (Å²) in [6.45, 7) is 6.52. The molecule has 12 heavy (non-hydrogen) atoms. The molecule has 3 nitrogen and oxygen atoms in total. The minimum Gasteiger partial charge on any atom is -0.384 e. The lowest BCUT2D eigenvalue weighted by molar-refractivity contribution is 1.20. The highest BCUT2D eigenvalue weighted by Gasteiger charge is 1.91. The summed E-state index contributed by atoms with van der Waals surface area (Å²) in [6, 6.07) is 3.66. The fourth-order valence-corrected chi connectivity index (χ4v) is 0.763. The van der Waals surface area contributed by atoms with Crippen molar-refractivity contribution in [1.29, 1.82) is 0 Å². The van der Waals surface area contributed by atoms with Crippen molar-refractivity contribution in [3.8, 4) is 0 Å². The number of anilines is 2. The molecule has 0 fully saturated rings. The Bertz CT molecular complexity index is 264. The van der Waals surface area contributed by atoms with Gasteiger partial charge in [0, 0.05) is 6.54 Å². The number of nitrogens with one attached hydrogen (secondary N) is 1. The van der Waals surface area contributed by atoms with E-state index in [4.69, 9.17) is 5.73 Å². The monoisotopic (exact) mass is 163 g/mol. The summed E-state index contributed by atoms with van der Waals surface area (Å²) in [5.74, 6) is 0.538. The average Bonchev–Trinajstić information content (AvgIpc) is 2.03. The molecule has 1 rings (SSSR count). The number of hydrogen-bond acceptors (Lipinski definition) is 3. The van der Waals surface area contributed by atoms with E-state index in [1.54, 1.807) is 12.3 Å². The highest BCUT2D eigenvalue weighted by molar-refractivity contribution is 5.45. The predicted octanol–water partition coefficient (Wildman–Crippen LogP) is 1.65. The Balaban J connectivity index is 2.53. The highest BCUT2D eigenvalue weighted by atomic mass is 14.9. The predicted molar refractivity (Wildman–Crippen MR) is 52.0 cm³/mol. The Kier molecular flexibility index (Phi) is 2.69. The van der Waals surface area contributed by atoms with E-state index in [1.165, 1.54) is 0 Å². The van der Waals surface area contributed by atoms with Crippen molar-refractivity contribution in [2.45, 2.75) is 6.92 Å². The molecular formula is C9H13N3. The maximum Gasteiger partial charge on any atom is 0.123 e. The number of nitrogens with zero attached hydrogens (tertiary/aromatic N) is 1. The van der Waals surface area contributed by atoms with E-state index in [0.717, 1.165) is 17.8 Å². The first-order chi connectivity index (χ1) is 5.68. The minimum atomic E-state index is 0.538. The Labute approximate surface area is 72.3 Å². The molecule has 0 atom stereocenters. The summed E-state index contributed by atoms with van der Waals surface area (Å²) >= 11 is 0. The van der Waals surface area contributed by atoms with Crippen LogP contribution in [0.4, 0.5) is 11.5 Å². The van der Waals surface area contributed by atoms with Gasteiger partial charge in [0.2, 0.25) is 0 Å². The van der Waals surface area contributed by atoms with Crippen LogP contribution < -0.4 is 11.1 Å². The van der Waals surface area contributed by atoms with Crippen molar-refractivity contribution in [3.05, 3.63) is 30.5 Å². The van der Waals surface area contributed by atoms with Crippen LogP contribution in [0.2, 0.25) is 0 Å². The molecule has 0 aliphatic rings. The van der Waals surface area contributed by atoms with Gasteiger partial charge < -0.3 is 11.1 Å². The zero-order chi connectivity index (χ0) is 8.97. The maximum absolute atomic E-state index is 5.43. The van der Waals surface area contributed by atoms with Crippen molar-refractivity contribution in [1.82, 2.24) is 4.98 Å². The van der Waals surface area contributed by atoms with Crippen LogP contribution in [0.15, 0.2) is 30.5 Å². The summed E-state index contributed by atoms with van der Waals surface area (Å²) < 4.78 is 0. The molecule has 0 aliphatic carbocycles. The molecule has 0 radical (unpaired) electrons. The lowest BCUT2D eigenvalue weighted by Gasteiger charge is -2.04. The van der Waals surface area contributed by atoms with Gasteiger partial charge in [-0.2, -0.15) is 0 Å². The van der Waals surface area contributed by atoms with Gasteiger partial charge in [-0.05, 0) is 19.1 Å². The normalized spacial score (nSPS) is 9.42. The zero-order valence-electron chi connectivity index (χ0n) is 7.17. The third-order valence-electron chi connectivity index (χ3n) is 1.38. The van der Waals surface area contributed by atoms with Gasteiger partial charge in [0.15, 0.2) is 0 Å². The number of pyridine rings is 1. The third kappa shape index (κ3) is 2.62. The van der Waals surface area contributed by atoms with Crippen molar-refractivity contribution in [2.75, 3.05) is 17.6 Å². The molecule has 0 aromatic carbocycles. The number of nitrogens with two attached hydrogens (primary N) is 1. The Morgan fingerprint density at radius 2 is 2.42 bits per heavy atom. The van der Waals surface area contributed by atoms with Crippen LogP contribution in [0, 0.1) is 0 Å². The van der Waals surface area contributed by atoms with E-state index in [1.807, 2.05) is 13.0 Å². The van der Waals surface area contributed by atoms with E-state index in [-0.39, 0.29) is 0 Å². The quantitative estimate of drug-likeness (QED) is 0.666. The van der Waals surface area contributed by atoms with Gasteiger partial charge in [0.25, 0.3) is 0 Å². The molecule has 0 saturated heterocycles. The van der Waals surface area contributed by atoms with E-state index in [9.17, 15) is 0 Å². The van der Waals surface area contributed by atoms with Gasteiger partial charge >= 0.3 is 0 Å². The molecule has 0 bridgehead atoms. The van der Waals surface area contributed by atoms with Crippen molar-refractivity contribution < 1.29 is 0 Å².